The molecule has 0 amide bonds. The Morgan fingerprint density at radius 2 is 1.79 bits per heavy atom. The number of halogens is 3. The summed E-state index contributed by atoms with van der Waals surface area (Å²) in [7, 11) is 0. The third-order valence-electron chi connectivity index (χ3n) is 2.44. The predicted molar refractivity (Wildman–Crippen MR) is 52.8 cm³/mol. The minimum Gasteiger partial charge on any atom is -0.371 e. The van der Waals surface area contributed by atoms with E-state index >= 15 is 0 Å². The van der Waals surface area contributed by atoms with Gasteiger partial charge in [0.2, 0.25) is 0 Å². The van der Waals surface area contributed by atoms with E-state index in [0.717, 1.165) is 25.9 Å². The first-order valence-corrected chi connectivity index (χ1v) is 4.96. The van der Waals surface area contributed by atoms with Gasteiger partial charge in [-0.15, -0.1) is 0 Å². The maximum absolute atomic E-state index is 13.0. The van der Waals surface area contributed by atoms with Gasteiger partial charge in [-0.05, 0) is 18.9 Å². The fraction of sp³-hybridized carbons (Fsp3) is 0.400. The van der Waals surface area contributed by atoms with Crippen molar-refractivity contribution in [3.63, 3.8) is 0 Å². The van der Waals surface area contributed by atoms with Gasteiger partial charge in [-0.25, -0.2) is 8.78 Å². The summed E-state index contributed by atoms with van der Waals surface area (Å²) >= 11 is 5.56. The predicted octanol–water partition coefficient (Wildman–Crippen LogP) is 3.22. The number of benzene rings is 1. The second kappa shape index (κ2) is 3.73. The molecule has 2 rings (SSSR count). The lowest BCUT2D eigenvalue weighted by atomic mass is 10.3. The molecular weight excluding hydrogens is 208 g/mol. The van der Waals surface area contributed by atoms with Gasteiger partial charge in [-0.1, -0.05) is 11.6 Å². The minimum absolute atomic E-state index is 0.146. The smallest absolute Gasteiger partial charge is 0.177 e. The Kier molecular flexibility index (Phi) is 2.59. The molecule has 1 aromatic carbocycles. The van der Waals surface area contributed by atoms with Gasteiger partial charge < -0.3 is 4.90 Å². The number of anilines is 1. The summed E-state index contributed by atoms with van der Waals surface area (Å²) in [4.78, 5) is 2.01. The van der Waals surface area contributed by atoms with Crippen LogP contribution in [0.5, 0.6) is 0 Å². The maximum Gasteiger partial charge on any atom is 0.177 e. The fourth-order valence-corrected chi connectivity index (χ4v) is 1.90. The molecule has 14 heavy (non-hydrogen) atoms. The number of hydrogen-bond donors (Lipinski definition) is 0. The SMILES string of the molecule is Fc1cc(N2CCCC2)cc(Cl)c1F. The first-order valence-electron chi connectivity index (χ1n) is 4.58. The van der Waals surface area contributed by atoms with E-state index in [4.69, 9.17) is 11.6 Å². The zero-order valence-electron chi connectivity index (χ0n) is 7.56. The highest BCUT2D eigenvalue weighted by molar-refractivity contribution is 6.31. The average Bonchev–Trinajstić information content (AvgIpc) is 2.66. The van der Waals surface area contributed by atoms with Crippen LogP contribution in [0.1, 0.15) is 12.8 Å². The van der Waals surface area contributed by atoms with Crippen molar-refractivity contribution >= 4 is 17.3 Å². The first-order chi connectivity index (χ1) is 6.68. The fourth-order valence-electron chi connectivity index (χ4n) is 1.70. The molecule has 1 heterocycles. The Morgan fingerprint density at radius 1 is 1.14 bits per heavy atom. The minimum atomic E-state index is -0.963. The molecule has 0 saturated carbocycles. The molecular formula is C10H10ClF2N. The second-order valence-corrected chi connectivity index (χ2v) is 3.82. The van der Waals surface area contributed by atoms with Crippen molar-refractivity contribution in [3.8, 4) is 0 Å². The molecule has 4 heteroatoms. The summed E-state index contributed by atoms with van der Waals surface area (Å²) in [5.41, 5.74) is 0.673. The van der Waals surface area contributed by atoms with E-state index in [0.29, 0.717) is 5.69 Å². The zero-order chi connectivity index (χ0) is 10.1. The molecule has 0 bridgehead atoms. The zero-order valence-corrected chi connectivity index (χ0v) is 8.32. The molecule has 0 radical (unpaired) electrons. The Bertz CT molecular complexity index is 325. The van der Waals surface area contributed by atoms with E-state index in [9.17, 15) is 8.78 Å². The van der Waals surface area contributed by atoms with Crippen LogP contribution in [0.25, 0.3) is 0 Å². The van der Waals surface area contributed by atoms with E-state index in [1.807, 2.05) is 4.90 Å². The van der Waals surface area contributed by atoms with E-state index in [-0.39, 0.29) is 5.02 Å². The molecule has 1 aromatic rings. The molecule has 0 aromatic heterocycles. The molecule has 0 spiro atoms. The summed E-state index contributed by atoms with van der Waals surface area (Å²) in [6.45, 7) is 1.78. The van der Waals surface area contributed by atoms with Crippen molar-refractivity contribution in [1.82, 2.24) is 0 Å². The number of rotatable bonds is 1. The Morgan fingerprint density at radius 3 is 2.36 bits per heavy atom. The molecule has 76 valence electrons. The van der Waals surface area contributed by atoms with Gasteiger partial charge in [0.05, 0.1) is 5.02 Å². The van der Waals surface area contributed by atoms with Gasteiger partial charge in [-0.2, -0.15) is 0 Å². The summed E-state index contributed by atoms with van der Waals surface area (Å²) in [6, 6.07) is 2.68. The Hall–Kier alpha value is -0.830. The van der Waals surface area contributed by atoms with Crippen molar-refractivity contribution in [2.24, 2.45) is 0 Å². The highest BCUT2D eigenvalue weighted by Crippen LogP contribution is 2.27. The van der Waals surface area contributed by atoms with Crippen LogP contribution < -0.4 is 4.90 Å². The average molecular weight is 218 g/mol. The van der Waals surface area contributed by atoms with E-state index in [1.165, 1.54) is 12.1 Å². The molecule has 1 aliphatic heterocycles. The number of nitrogens with zero attached hydrogens (tertiary/aromatic N) is 1. The Labute approximate surface area is 86.3 Å². The van der Waals surface area contributed by atoms with Crippen molar-refractivity contribution in [1.29, 1.82) is 0 Å². The lowest BCUT2D eigenvalue weighted by Crippen LogP contribution is -2.17. The third kappa shape index (κ3) is 1.69. The highest BCUT2D eigenvalue weighted by Gasteiger charge is 2.16. The van der Waals surface area contributed by atoms with Gasteiger partial charge >= 0.3 is 0 Å². The summed E-state index contributed by atoms with van der Waals surface area (Å²) in [5.74, 6) is -1.84. The van der Waals surface area contributed by atoms with E-state index < -0.39 is 11.6 Å². The maximum atomic E-state index is 13.0. The van der Waals surface area contributed by atoms with Crippen LogP contribution in [-0.2, 0) is 0 Å². The molecule has 1 saturated heterocycles. The van der Waals surface area contributed by atoms with E-state index in [2.05, 4.69) is 0 Å². The largest absolute Gasteiger partial charge is 0.371 e. The van der Waals surface area contributed by atoms with Gasteiger partial charge in [-0.3, -0.25) is 0 Å². The van der Waals surface area contributed by atoms with Gasteiger partial charge in [0, 0.05) is 24.8 Å². The highest BCUT2D eigenvalue weighted by atomic mass is 35.5. The van der Waals surface area contributed by atoms with Crippen molar-refractivity contribution < 1.29 is 8.78 Å². The van der Waals surface area contributed by atoms with E-state index in [1.54, 1.807) is 0 Å². The first kappa shape index (κ1) is 9.71. The molecule has 1 fully saturated rings. The van der Waals surface area contributed by atoms with Crippen LogP contribution >= 0.6 is 11.6 Å². The van der Waals surface area contributed by atoms with Crippen molar-refractivity contribution in [2.45, 2.75) is 12.8 Å². The van der Waals surface area contributed by atoms with Crippen LogP contribution in [0.2, 0.25) is 5.02 Å². The molecule has 0 N–H and O–H groups in total. The second-order valence-electron chi connectivity index (χ2n) is 3.42. The summed E-state index contributed by atoms with van der Waals surface area (Å²) in [6.07, 6.45) is 2.19. The monoisotopic (exact) mass is 217 g/mol. The normalized spacial score (nSPS) is 16.4. The summed E-state index contributed by atoms with van der Waals surface area (Å²) in [5, 5.41) is -0.146. The Balaban J connectivity index is 2.34. The summed E-state index contributed by atoms with van der Waals surface area (Å²) < 4.78 is 25.9. The topological polar surface area (TPSA) is 3.24 Å². The van der Waals surface area contributed by atoms with Crippen molar-refractivity contribution in [3.05, 3.63) is 28.8 Å². The molecule has 0 atom stereocenters. The van der Waals surface area contributed by atoms with Crippen LogP contribution in [0.15, 0.2) is 12.1 Å². The van der Waals surface area contributed by atoms with Crippen LogP contribution in [0.3, 0.4) is 0 Å². The lowest BCUT2D eigenvalue weighted by molar-refractivity contribution is 0.509. The molecule has 0 unspecified atom stereocenters. The lowest BCUT2D eigenvalue weighted by Gasteiger charge is -2.17. The molecule has 1 nitrogen and oxygen atoms in total. The van der Waals surface area contributed by atoms with Gasteiger partial charge in [0.25, 0.3) is 0 Å². The molecule has 1 aliphatic rings. The quantitative estimate of drug-likeness (QED) is 0.653. The standard InChI is InChI=1S/C10H10ClF2N/c11-8-5-7(6-9(12)10(8)13)14-3-1-2-4-14/h5-6H,1-4H2. The van der Waals surface area contributed by atoms with Crippen LogP contribution in [-0.4, -0.2) is 13.1 Å². The van der Waals surface area contributed by atoms with Gasteiger partial charge in [0.15, 0.2) is 11.6 Å². The number of hydrogen-bond acceptors (Lipinski definition) is 1. The van der Waals surface area contributed by atoms with Crippen molar-refractivity contribution in [2.75, 3.05) is 18.0 Å². The van der Waals surface area contributed by atoms with Crippen LogP contribution in [0, 0.1) is 11.6 Å². The van der Waals surface area contributed by atoms with Gasteiger partial charge in [0.1, 0.15) is 0 Å². The third-order valence-corrected chi connectivity index (χ3v) is 2.71. The molecule has 0 aliphatic carbocycles. The van der Waals surface area contributed by atoms with Crippen LogP contribution in [0.4, 0.5) is 14.5 Å².